The maximum absolute atomic E-state index is 5.51. The normalized spacial score (nSPS) is 20.3. The highest BCUT2D eigenvalue weighted by Gasteiger charge is 2.30. The summed E-state index contributed by atoms with van der Waals surface area (Å²) in [7, 11) is 3.72. The molecule has 0 saturated carbocycles. The van der Waals surface area contributed by atoms with Crippen molar-refractivity contribution in [2.45, 2.75) is 24.7 Å². The third-order valence-electron chi connectivity index (χ3n) is 2.42. The minimum atomic E-state index is -1.32. The van der Waals surface area contributed by atoms with Crippen LogP contribution in [-0.2, 0) is 28.1 Å². The van der Waals surface area contributed by atoms with Crippen molar-refractivity contribution < 1.29 is 28.1 Å². The van der Waals surface area contributed by atoms with Gasteiger partial charge in [0.2, 0.25) is 0 Å². The Morgan fingerprint density at radius 1 is 1.24 bits per heavy atom. The van der Waals surface area contributed by atoms with Crippen LogP contribution in [0.1, 0.15) is 6.42 Å². The first-order valence-corrected chi connectivity index (χ1v) is 7.33. The molecule has 1 saturated heterocycles. The van der Waals surface area contributed by atoms with Gasteiger partial charge < -0.3 is 28.1 Å². The Kier molecular flexibility index (Phi) is 7.20. The molecule has 0 aromatic rings. The third kappa shape index (κ3) is 5.91. The van der Waals surface area contributed by atoms with Crippen LogP contribution in [0, 0.1) is 0 Å². The van der Waals surface area contributed by atoms with Crippen LogP contribution in [0.25, 0.3) is 0 Å². The summed E-state index contributed by atoms with van der Waals surface area (Å²) in [6.07, 6.45) is -0.00667. The Bertz CT molecular complexity index is 187. The first-order valence-electron chi connectivity index (χ1n) is 5.75. The molecular formula is C10H22O6Si. The van der Waals surface area contributed by atoms with Crippen LogP contribution >= 0.6 is 0 Å². The van der Waals surface area contributed by atoms with E-state index in [9.17, 15) is 0 Å². The molecule has 1 heterocycles. The summed E-state index contributed by atoms with van der Waals surface area (Å²) in [6, 6.07) is 0.989. The lowest BCUT2D eigenvalue weighted by Gasteiger charge is -2.27. The van der Waals surface area contributed by atoms with Crippen molar-refractivity contribution in [2.24, 2.45) is 0 Å². The van der Waals surface area contributed by atoms with Crippen molar-refractivity contribution in [3.8, 4) is 0 Å². The van der Waals surface area contributed by atoms with Gasteiger partial charge in [0.1, 0.15) is 6.10 Å². The van der Waals surface area contributed by atoms with Gasteiger partial charge in [0.15, 0.2) is 9.76 Å². The van der Waals surface area contributed by atoms with Crippen molar-refractivity contribution in [3.05, 3.63) is 0 Å². The van der Waals surface area contributed by atoms with Gasteiger partial charge in [-0.1, -0.05) is 0 Å². The second-order valence-electron chi connectivity index (χ2n) is 3.70. The topological polar surface area (TPSA) is 58.7 Å². The quantitative estimate of drug-likeness (QED) is 0.224. The fourth-order valence-corrected chi connectivity index (χ4v) is 2.47. The number of rotatable bonds is 11. The minimum absolute atomic E-state index is 0.339. The number of ether oxygens (including phenoxy) is 5. The average Bonchev–Trinajstić information content (AvgIpc) is 3.18. The number of methoxy groups -OCH3 is 3. The van der Waals surface area contributed by atoms with Crippen molar-refractivity contribution in [1.29, 1.82) is 0 Å². The van der Waals surface area contributed by atoms with Gasteiger partial charge in [-0.05, 0) is 12.5 Å². The van der Waals surface area contributed by atoms with Crippen LogP contribution in [0.15, 0.2) is 0 Å². The van der Waals surface area contributed by atoms with E-state index in [2.05, 4.69) is 0 Å². The fourth-order valence-electron chi connectivity index (χ4n) is 1.31. The summed E-state index contributed by atoms with van der Waals surface area (Å²) in [5.74, 6) is 0. The largest absolute Gasteiger partial charge is 0.401 e. The van der Waals surface area contributed by atoms with Crippen LogP contribution in [0.5, 0.6) is 0 Å². The van der Waals surface area contributed by atoms with Crippen molar-refractivity contribution in [2.75, 3.05) is 41.2 Å². The molecule has 0 N–H and O–H groups in total. The van der Waals surface area contributed by atoms with Gasteiger partial charge in [-0.15, -0.1) is 0 Å². The Hall–Kier alpha value is -0.0231. The molecule has 1 rings (SSSR count). The SMILES string of the molecule is COC(OC)(OC)O[SiH2]CCCOCC1CO1. The summed E-state index contributed by atoms with van der Waals surface area (Å²) in [6.45, 7) is 2.30. The first kappa shape index (κ1) is 15.0. The molecule has 1 unspecified atom stereocenters. The number of epoxide rings is 1. The molecule has 0 spiro atoms. The van der Waals surface area contributed by atoms with E-state index < -0.39 is 15.9 Å². The molecule has 0 bridgehead atoms. The molecule has 0 amide bonds. The predicted molar refractivity (Wildman–Crippen MR) is 63.4 cm³/mol. The summed E-state index contributed by atoms with van der Waals surface area (Å²) in [5, 5.41) is 0. The Morgan fingerprint density at radius 3 is 2.41 bits per heavy atom. The number of hydrogen-bond acceptors (Lipinski definition) is 6. The van der Waals surface area contributed by atoms with Crippen LogP contribution in [0.4, 0.5) is 0 Å². The zero-order valence-corrected chi connectivity index (χ0v) is 12.2. The average molecular weight is 266 g/mol. The lowest BCUT2D eigenvalue weighted by Crippen LogP contribution is -2.40. The standard InChI is InChI=1S/C10H22O6Si/c1-11-10(12-2,13-3)16-17-6-4-5-14-7-9-8-15-9/h9H,4-8,17H2,1-3H3. The van der Waals surface area contributed by atoms with Gasteiger partial charge in [-0.3, -0.25) is 0 Å². The van der Waals surface area contributed by atoms with Crippen LogP contribution in [0.2, 0.25) is 6.04 Å². The fraction of sp³-hybridized carbons (Fsp3) is 1.00. The van der Waals surface area contributed by atoms with Gasteiger partial charge in [0, 0.05) is 27.9 Å². The molecule has 0 aliphatic carbocycles. The van der Waals surface area contributed by atoms with Crippen LogP contribution < -0.4 is 0 Å². The Balaban J connectivity index is 1.93. The van der Waals surface area contributed by atoms with Crippen LogP contribution in [-0.4, -0.2) is 63.2 Å². The molecule has 0 radical (unpaired) electrons. The molecule has 17 heavy (non-hydrogen) atoms. The highest BCUT2D eigenvalue weighted by atomic mass is 28.2. The molecule has 1 atom stereocenters. The highest BCUT2D eigenvalue weighted by molar-refractivity contribution is 6.27. The zero-order chi connectivity index (χ0) is 12.6. The van der Waals surface area contributed by atoms with Crippen molar-refractivity contribution >= 4 is 9.76 Å². The number of hydrogen-bond donors (Lipinski definition) is 0. The van der Waals surface area contributed by atoms with E-state index in [0.717, 1.165) is 25.7 Å². The van der Waals surface area contributed by atoms with E-state index in [1.165, 1.54) is 21.3 Å². The first-order chi connectivity index (χ1) is 8.26. The van der Waals surface area contributed by atoms with Crippen LogP contribution in [0.3, 0.4) is 0 Å². The predicted octanol–water partition coefficient (Wildman–Crippen LogP) is -0.139. The van der Waals surface area contributed by atoms with Gasteiger partial charge in [-0.2, -0.15) is 0 Å². The lowest BCUT2D eigenvalue weighted by atomic mass is 10.5. The third-order valence-corrected chi connectivity index (χ3v) is 3.76. The molecule has 0 aromatic heterocycles. The molecule has 1 aliphatic rings. The summed E-state index contributed by atoms with van der Waals surface area (Å²) >= 11 is 0. The van der Waals surface area contributed by atoms with E-state index in [0.29, 0.717) is 12.7 Å². The Morgan fingerprint density at radius 2 is 1.88 bits per heavy atom. The van der Waals surface area contributed by atoms with E-state index in [1.807, 2.05) is 0 Å². The minimum Gasteiger partial charge on any atom is -0.379 e. The molecular weight excluding hydrogens is 244 g/mol. The summed E-state index contributed by atoms with van der Waals surface area (Å²) in [4.78, 5) is 0. The monoisotopic (exact) mass is 266 g/mol. The van der Waals surface area contributed by atoms with E-state index in [1.54, 1.807) is 0 Å². The van der Waals surface area contributed by atoms with Crippen molar-refractivity contribution in [1.82, 2.24) is 0 Å². The van der Waals surface area contributed by atoms with E-state index in [4.69, 9.17) is 28.1 Å². The molecule has 1 aliphatic heterocycles. The maximum atomic E-state index is 5.51. The summed E-state index contributed by atoms with van der Waals surface area (Å²) in [5.41, 5.74) is 0. The second kappa shape index (κ2) is 8.14. The lowest BCUT2D eigenvalue weighted by molar-refractivity contribution is -0.450. The van der Waals surface area contributed by atoms with E-state index in [-0.39, 0.29) is 0 Å². The summed E-state index contributed by atoms with van der Waals surface area (Å²) < 4.78 is 31.0. The zero-order valence-electron chi connectivity index (χ0n) is 10.8. The van der Waals surface area contributed by atoms with Gasteiger partial charge in [-0.25, -0.2) is 0 Å². The molecule has 1 fully saturated rings. The van der Waals surface area contributed by atoms with Gasteiger partial charge in [0.25, 0.3) is 0 Å². The maximum Gasteiger partial charge on any atom is 0.401 e. The Labute approximate surface area is 104 Å². The molecule has 6 nitrogen and oxygen atoms in total. The van der Waals surface area contributed by atoms with Crippen molar-refractivity contribution in [3.63, 3.8) is 0 Å². The van der Waals surface area contributed by atoms with E-state index >= 15 is 0 Å². The highest BCUT2D eigenvalue weighted by Crippen LogP contribution is 2.14. The van der Waals surface area contributed by atoms with Gasteiger partial charge >= 0.3 is 6.16 Å². The molecule has 0 aromatic carbocycles. The molecule has 7 heteroatoms. The smallest absolute Gasteiger partial charge is 0.379 e. The van der Waals surface area contributed by atoms with Gasteiger partial charge in [0.05, 0.1) is 13.2 Å². The molecule has 102 valence electrons. The second-order valence-corrected chi connectivity index (χ2v) is 5.10.